The molecule has 7 heteroatoms. The molecular formula is C66H60F2N4O. The lowest BCUT2D eigenvalue weighted by Crippen LogP contribution is -2.25. The van der Waals surface area contributed by atoms with Gasteiger partial charge in [0.05, 0.1) is 28.1 Å². The van der Waals surface area contributed by atoms with E-state index in [2.05, 4.69) is 204 Å². The molecule has 0 saturated carbocycles. The van der Waals surface area contributed by atoms with E-state index in [4.69, 9.17) is 9.72 Å². The Labute approximate surface area is 428 Å². The molecule has 0 bridgehead atoms. The molecule has 0 unspecified atom stereocenters. The Bertz CT molecular complexity index is 3690. The first kappa shape index (κ1) is 47.3. The van der Waals surface area contributed by atoms with Crippen LogP contribution in [0.3, 0.4) is 0 Å². The molecule has 0 spiro atoms. The Kier molecular flexibility index (Phi) is 11.6. The topological polar surface area (TPSA) is 33.5 Å². The number of aromatic nitrogens is 2. The zero-order valence-corrected chi connectivity index (χ0v) is 43.1. The van der Waals surface area contributed by atoms with E-state index in [0.29, 0.717) is 23.7 Å². The molecule has 0 amide bonds. The predicted octanol–water partition coefficient (Wildman–Crippen LogP) is 18.4. The summed E-state index contributed by atoms with van der Waals surface area (Å²) in [7, 11) is 0. The van der Waals surface area contributed by atoms with Crippen LogP contribution in [0.25, 0.3) is 61.0 Å². The maximum Gasteiger partial charge on any atom is 0.137 e. The van der Waals surface area contributed by atoms with E-state index >= 15 is 8.78 Å². The van der Waals surface area contributed by atoms with Crippen LogP contribution in [0.5, 0.6) is 11.5 Å². The minimum atomic E-state index is -0.629. The Morgan fingerprint density at radius 2 is 1.04 bits per heavy atom. The van der Waals surface area contributed by atoms with Crippen LogP contribution in [0, 0.1) is 11.6 Å². The third-order valence-electron chi connectivity index (χ3n) is 14.2. The number of rotatable bonds is 8. The van der Waals surface area contributed by atoms with Crippen molar-refractivity contribution in [3.05, 3.63) is 217 Å². The maximum atomic E-state index is 15.1. The van der Waals surface area contributed by atoms with E-state index in [9.17, 15) is 0 Å². The average Bonchev–Trinajstić information content (AvgIpc) is 3.91. The molecule has 8 aromatic carbocycles. The summed E-state index contributed by atoms with van der Waals surface area (Å²) in [5, 5.41) is 2.25. The first-order valence-corrected chi connectivity index (χ1v) is 25.2. The quantitative estimate of drug-likeness (QED) is 0.152. The first-order chi connectivity index (χ1) is 34.9. The lowest BCUT2D eigenvalue weighted by atomic mass is 9.79. The van der Waals surface area contributed by atoms with Gasteiger partial charge in [0.1, 0.15) is 35.6 Å². The maximum absolute atomic E-state index is 15.1. The highest BCUT2D eigenvalue weighted by atomic mass is 19.1. The van der Waals surface area contributed by atoms with Crippen molar-refractivity contribution in [1.82, 2.24) is 9.55 Å². The fraction of sp³-hybridized carbons (Fsp3) is 0.197. The number of pyridine rings is 1. The van der Waals surface area contributed by atoms with E-state index < -0.39 is 11.6 Å². The van der Waals surface area contributed by atoms with Crippen LogP contribution < -0.4 is 14.5 Å². The number of ether oxygens (including phenoxy) is 1. The first-order valence-electron chi connectivity index (χ1n) is 25.2. The average molecular weight is 963 g/mol. The molecular weight excluding hydrogens is 903 g/mol. The molecule has 0 aliphatic carbocycles. The van der Waals surface area contributed by atoms with Crippen LogP contribution in [-0.4, -0.2) is 16.2 Å². The summed E-state index contributed by atoms with van der Waals surface area (Å²) in [4.78, 5) is 9.53. The van der Waals surface area contributed by atoms with Gasteiger partial charge in [0, 0.05) is 52.0 Å². The lowest BCUT2D eigenvalue weighted by Gasteiger charge is -2.28. The summed E-state index contributed by atoms with van der Waals surface area (Å²) in [5.74, 6) is 0.965. The van der Waals surface area contributed by atoms with Gasteiger partial charge in [0.25, 0.3) is 0 Å². The normalized spacial score (nSPS) is 13.0. The smallest absolute Gasteiger partial charge is 0.137 e. The Balaban J connectivity index is 1.10. The van der Waals surface area contributed by atoms with Gasteiger partial charge in [-0.05, 0) is 122 Å². The largest absolute Gasteiger partial charge is 0.457 e. The van der Waals surface area contributed by atoms with Gasteiger partial charge < -0.3 is 14.5 Å². The highest BCUT2D eigenvalue weighted by Crippen LogP contribution is 2.51. The van der Waals surface area contributed by atoms with Gasteiger partial charge in [-0.3, -0.25) is 4.57 Å². The minimum absolute atomic E-state index is 0.0609. The number of benzene rings is 8. The Morgan fingerprint density at radius 3 is 1.73 bits per heavy atom. The summed E-state index contributed by atoms with van der Waals surface area (Å²) in [6.07, 6.45) is 1.91. The van der Waals surface area contributed by atoms with E-state index in [1.54, 1.807) is 0 Å². The Morgan fingerprint density at radius 1 is 0.438 bits per heavy atom. The van der Waals surface area contributed by atoms with Crippen molar-refractivity contribution in [3.8, 4) is 50.7 Å². The summed E-state index contributed by atoms with van der Waals surface area (Å²) >= 11 is 0. The zero-order valence-electron chi connectivity index (χ0n) is 43.1. The standard InChI is InChI=1S/C66H60F2N4O/c1-64(2,3)46-28-29-69-62(37-46)72-58-23-14-13-20-56(58)57-27-26-52(40-61(57)72)73-53-35-44(43-30-47(65(4,5)6)36-48(31-43)66(7,8)9)34-51(39-53)70-41-71(60-25-16-15-24-59(60)70)63-54(42-18-11-10-12-19-42)21-17-22-55(63)45-32-49(67)38-50(68)33-45/h10-40H,41H2,1-9H3. The molecule has 0 atom stereocenters. The predicted molar refractivity (Wildman–Crippen MR) is 299 cm³/mol. The molecule has 0 N–H and O–H groups in total. The molecule has 73 heavy (non-hydrogen) atoms. The minimum Gasteiger partial charge on any atom is -0.457 e. The van der Waals surface area contributed by atoms with Gasteiger partial charge in [0.15, 0.2) is 0 Å². The van der Waals surface area contributed by atoms with Gasteiger partial charge in [-0.1, -0.05) is 159 Å². The second kappa shape index (κ2) is 17.9. The molecule has 0 fully saturated rings. The monoisotopic (exact) mass is 962 g/mol. The number of para-hydroxylation sites is 4. The van der Waals surface area contributed by atoms with Gasteiger partial charge >= 0.3 is 0 Å². The number of fused-ring (bicyclic) bond motifs is 4. The van der Waals surface area contributed by atoms with Crippen molar-refractivity contribution < 1.29 is 13.5 Å². The number of nitrogens with zero attached hydrogens (tertiary/aromatic N) is 4. The highest BCUT2D eigenvalue weighted by molar-refractivity contribution is 6.09. The molecule has 1 aliphatic heterocycles. The SMILES string of the molecule is CC(C)(C)c1cc(-c2cc(Oc3ccc4c5ccccc5n(-c5cc(C(C)(C)C)ccn5)c4c3)cc(N3CN(c4c(-c5ccccc5)cccc4-c4cc(F)cc(F)c4)c4ccccc43)c2)cc(C(C)(C)C)c1. The number of anilines is 4. The summed E-state index contributed by atoms with van der Waals surface area (Å²) < 4.78 is 39.6. The molecule has 10 aromatic rings. The fourth-order valence-electron chi connectivity index (χ4n) is 10.3. The zero-order chi connectivity index (χ0) is 51.0. The number of halogens is 2. The number of hydrogen-bond donors (Lipinski definition) is 0. The van der Waals surface area contributed by atoms with Crippen LogP contribution >= 0.6 is 0 Å². The summed E-state index contributed by atoms with van der Waals surface area (Å²) in [6, 6.07) is 61.0. The van der Waals surface area contributed by atoms with Crippen molar-refractivity contribution in [3.63, 3.8) is 0 Å². The van der Waals surface area contributed by atoms with Crippen LogP contribution in [-0.2, 0) is 16.2 Å². The molecule has 0 radical (unpaired) electrons. The second-order valence-electron chi connectivity index (χ2n) is 22.5. The van der Waals surface area contributed by atoms with Crippen LogP contribution in [0.1, 0.15) is 79.0 Å². The van der Waals surface area contributed by atoms with Gasteiger partial charge in [-0.2, -0.15) is 0 Å². The third-order valence-corrected chi connectivity index (χ3v) is 14.2. The second-order valence-corrected chi connectivity index (χ2v) is 22.5. The lowest BCUT2D eigenvalue weighted by molar-refractivity contribution is 0.483. The van der Waals surface area contributed by atoms with E-state index in [-0.39, 0.29) is 16.2 Å². The molecule has 11 rings (SSSR count). The molecule has 5 nitrogen and oxygen atoms in total. The molecule has 3 heterocycles. The van der Waals surface area contributed by atoms with Gasteiger partial charge in [-0.15, -0.1) is 0 Å². The van der Waals surface area contributed by atoms with E-state index in [1.807, 2.05) is 42.6 Å². The number of hydrogen-bond acceptors (Lipinski definition) is 4. The summed E-state index contributed by atoms with van der Waals surface area (Å²) in [6.45, 7) is 20.7. The Hall–Kier alpha value is -8.03. The van der Waals surface area contributed by atoms with Crippen molar-refractivity contribution in [2.45, 2.75) is 78.6 Å². The van der Waals surface area contributed by atoms with Gasteiger partial charge in [0.2, 0.25) is 0 Å². The van der Waals surface area contributed by atoms with Crippen molar-refractivity contribution in [2.24, 2.45) is 0 Å². The molecule has 2 aromatic heterocycles. The van der Waals surface area contributed by atoms with E-state index in [0.717, 1.165) is 84.3 Å². The molecule has 364 valence electrons. The molecule has 0 saturated heterocycles. The highest BCUT2D eigenvalue weighted by Gasteiger charge is 2.32. The third kappa shape index (κ3) is 9.03. The van der Waals surface area contributed by atoms with Crippen molar-refractivity contribution >= 4 is 44.6 Å². The fourth-order valence-corrected chi connectivity index (χ4v) is 10.3. The van der Waals surface area contributed by atoms with Crippen LogP contribution in [0.4, 0.5) is 31.5 Å². The van der Waals surface area contributed by atoms with Crippen LogP contribution in [0.15, 0.2) is 188 Å². The van der Waals surface area contributed by atoms with Gasteiger partial charge in [-0.25, -0.2) is 13.8 Å². The molecule has 1 aliphatic rings. The van der Waals surface area contributed by atoms with Crippen LogP contribution in [0.2, 0.25) is 0 Å². The van der Waals surface area contributed by atoms with Crippen molar-refractivity contribution in [1.29, 1.82) is 0 Å². The van der Waals surface area contributed by atoms with Crippen molar-refractivity contribution in [2.75, 3.05) is 16.5 Å². The van der Waals surface area contributed by atoms with E-state index in [1.165, 1.54) is 28.8 Å². The summed E-state index contributed by atoms with van der Waals surface area (Å²) in [5.41, 5.74) is 14.4.